The van der Waals surface area contributed by atoms with Gasteiger partial charge in [0.05, 0.1) is 5.69 Å². The van der Waals surface area contributed by atoms with Crippen LogP contribution in [0.2, 0.25) is 0 Å². The van der Waals surface area contributed by atoms with E-state index in [0.717, 1.165) is 11.5 Å². The summed E-state index contributed by atoms with van der Waals surface area (Å²) in [5.41, 5.74) is 7.42. The van der Waals surface area contributed by atoms with E-state index in [1.165, 1.54) is 6.07 Å². The van der Waals surface area contributed by atoms with Crippen molar-refractivity contribution >= 4 is 23.1 Å². The lowest BCUT2D eigenvalue weighted by Crippen LogP contribution is -2.23. The van der Waals surface area contributed by atoms with Gasteiger partial charge in [0.1, 0.15) is 10.6 Å². The van der Waals surface area contributed by atoms with E-state index >= 15 is 0 Å². The molecule has 0 aliphatic rings. The first-order chi connectivity index (χ1) is 9.11. The molecule has 1 heterocycles. The molecular formula is C12H14N4O2S. The zero-order valence-corrected chi connectivity index (χ0v) is 11.2. The van der Waals surface area contributed by atoms with Crippen molar-refractivity contribution in [3.8, 4) is 5.75 Å². The minimum atomic E-state index is -0.242. The number of hydrogen-bond donors (Lipinski definition) is 3. The predicted octanol–water partition coefficient (Wildman–Crippen LogP) is 1.32. The van der Waals surface area contributed by atoms with Crippen LogP contribution in [0.15, 0.2) is 18.2 Å². The van der Waals surface area contributed by atoms with Crippen molar-refractivity contribution in [2.24, 2.45) is 0 Å². The second kappa shape index (κ2) is 5.66. The molecule has 4 N–H and O–H groups in total. The number of phenolic OH excluding ortho intramolecular Hbond substituents is 1. The van der Waals surface area contributed by atoms with Crippen molar-refractivity contribution < 1.29 is 9.90 Å². The fourth-order valence-corrected chi connectivity index (χ4v) is 2.28. The van der Waals surface area contributed by atoms with Gasteiger partial charge >= 0.3 is 0 Å². The molecule has 0 bridgehead atoms. The van der Waals surface area contributed by atoms with E-state index in [-0.39, 0.29) is 18.2 Å². The first-order valence-corrected chi connectivity index (χ1v) is 6.56. The third-order valence-electron chi connectivity index (χ3n) is 2.64. The number of nitrogens with one attached hydrogen (secondary N) is 1. The van der Waals surface area contributed by atoms with E-state index in [4.69, 9.17) is 5.73 Å². The number of carbonyl (C=O) groups excluding carboxylic acids is 1. The van der Waals surface area contributed by atoms with Gasteiger partial charge in [0.15, 0.2) is 0 Å². The smallest absolute Gasteiger partial charge is 0.265 e. The van der Waals surface area contributed by atoms with Crippen LogP contribution < -0.4 is 11.1 Å². The number of phenols is 1. The lowest BCUT2D eigenvalue weighted by Gasteiger charge is -2.07. The average molecular weight is 278 g/mol. The molecule has 0 saturated carbocycles. The third-order valence-corrected chi connectivity index (χ3v) is 3.41. The van der Waals surface area contributed by atoms with Crippen LogP contribution in [0.3, 0.4) is 0 Å². The van der Waals surface area contributed by atoms with Gasteiger partial charge in [0, 0.05) is 17.8 Å². The lowest BCUT2D eigenvalue weighted by molar-refractivity contribution is 0.0953. The Balaban J connectivity index is 2.06. The molecule has 7 heteroatoms. The number of nitrogens with zero attached hydrogens (tertiary/aromatic N) is 2. The number of rotatable bonds is 4. The lowest BCUT2D eigenvalue weighted by atomic mass is 10.1. The number of nitrogens with two attached hydrogens (primary N) is 1. The zero-order valence-electron chi connectivity index (χ0n) is 10.4. The Kier molecular flexibility index (Phi) is 3.96. The minimum absolute atomic E-state index is 0.104. The highest BCUT2D eigenvalue weighted by molar-refractivity contribution is 7.08. The molecule has 0 atom stereocenters. The Morgan fingerprint density at radius 1 is 1.53 bits per heavy atom. The van der Waals surface area contributed by atoms with E-state index in [1.807, 2.05) is 6.92 Å². The fraction of sp³-hybridized carbons (Fsp3) is 0.250. The molecule has 0 unspecified atom stereocenters. The number of anilines is 1. The van der Waals surface area contributed by atoms with Crippen molar-refractivity contribution in [3.63, 3.8) is 0 Å². The van der Waals surface area contributed by atoms with Crippen LogP contribution in [-0.2, 0) is 13.0 Å². The Morgan fingerprint density at radius 3 is 3.05 bits per heavy atom. The highest BCUT2D eigenvalue weighted by Crippen LogP contribution is 2.19. The molecule has 19 heavy (non-hydrogen) atoms. The Bertz CT molecular complexity index is 597. The van der Waals surface area contributed by atoms with Crippen molar-refractivity contribution in [2.75, 3.05) is 5.73 Å². The number of hydrogen-bond acceptors (Lipinski definition) is 6. The Hall–Kier alpha value is -2.15. The van der Waals surface area contributed by atoms with Crippen molar-refractivity contribution in [3.05, 3.63) is 34.3 Å². The number of carbonyl (C=O) groups is 1. The van der Waals surface area contributed by atoms with Crippen molar-refractivity contribution in [1.29, 1.82) is 0 Å². The van der Waals surface area contributed by atoms with E-state index in [1.54, 1.807) is 12.1 Å². The second-order valence-corrected chi connectivity index (χ2v) is 4.73. The molecule has 2 aromatic rings. The van der Waals surface area contributed by atoms with Crippen LogP contribution >= 0.6 is 11.5 Å². The third kappa shape index (κ3) is 3.00. The van der Waals surface area contributed by atoms with Gasteiger partial charge in [-0.1, -0.05) is 11.4 Å². The summed E-state index contributed by atoms with van der Waals surface area (Å²) in [4.78, 5) is 12.5. The SMILES string of the molecule is CCc1nnsc1C(=O)NCc1cc(N)ccc1O. The summed E-state index contributed by atoms with van der Waals surface area (Å²) >= 11 is 1.06. The first kappa shape index (κ1) is 13.3. The predicted molar refractivity (Wildman–Crippen MR) is 73.0 cm³/mol. The van der Waals surface area contributed by atoms with Gasteiger partial charge in [-0.2, -0.15) is 0 Å². The number of aryl methyl sites for hydroxylation is 1. The average Bonchev–Trinajstić information content (AvgIpc) is 2.88. The van der Waals surface area contributed by atoms with Gasteiger partial charge in [-0.15, -0.1) is 5.10 Å². The number of aromatic nitrogens is 2. The fourth-order valence-electron chi connectivity index (χ4n) is 1.62. The number of benzene rings is 1. The standard InChI is InChI=1S/C12H14N4O2S/c1-2-9-11(19-16-15-9)12(18)14-6-7-5-8(13)3-4-10(7)17/h3-5,17H,2,6,13H2,1H3,(H,14,18). The molecule has 2 rings (SSSR count). The number of nitrogen functional groups attached to an aromatic ring is 1. The van der Waals surface area contributed by atoms with Gasteiger partial charge < -0.3 is 16.2 Å². The second-order valence-electron chi connectivity index (χ2n) is 3.97. The van der Waals surface area contributed by atoms with Gasteiger partial charge in [-0.3, -0.25) is 4.79 Å². The largest absolute Gasteiger partial charge is 0.508 e. The number of aromatic hydroxyl groups is 1. The maximum atomic E-state index is 12.0. The topological polar surface area (TPSA) is 101 Å². The molecule has 1 aromatic carbocycles. The van der Waals surface area contributed by atoms with Gasteiger partial charge in [0.2, 0.25) is 0 Å². The molecule has 0 radical (unpaired) electrons. The van der Waals surface area contributed by atoms with E-state index in [9.17, 15) is 9.90 Å². The van der Waals surface area contributed by atoms with Crippen molar-refractivity contribution in [2.45, 2.75) is 19.9 Å². The molecule has 0 saturated heterocycles. The Labute approximate surface area is 114 Å². The van der Waals surface area contributed by atoms with Crippen LogP contribution in [0, 0.1) is 0 Å². The molecule has 0 spiro atoms. The summed E-state index contributed by atoms with van der Waals surface area (Å²) < 4.78 is 3.76. The van der Waals surface area contributed by atoms with E-state index in [2.05, 4.69) is 14.9 Å². The highest BCUT2D eigenvalue weighted by Gasteiger charge is 2.15. The van der Waals surface area contributed by atoms with Crippen LogP contribution in [-0.4, -0.2) is 20.6 Å². The highest BCUT2D eigenvalue weighted by atomic mass is 32.1. The molecule has 0 fully saturated rings. The van der Waals surface area contributed by atoms with Gasteiger partial charge in [-0.05, 0) is 36.2 Å². The summed E-state index contributed by atoms with van der Waals surface area (Å²) in [6.07, 6.45) is 0.656. The Morgan fingerprint density at radius 2 is 2.32 bits per heavy atom. The van der Waals surface area contributed by atoms with Crippen LogP contribution in [0.1, 0.15) is 27.9 Å². The summed E-state index contributed by atoms with van der Waals surface area (Å²) in [7, 11) is 0. The van der Waals surface area contributed by atoms with Gasteiger partial charge in [-0.25, -0.2) is 0 Å². The normalized spacial score (nSPS) is 10.4. The molecule has 1 amide bonds. The quantitative estimate of drug-likeness (QED) is 0.578. The van der Waals surface area contributed by atoms with Crippen LogP contribution in [0.5, 0.6) is 5.75 Å². The number of amides is 1. The molecule has 6 nitrogen and oxygen atoms in total. The summed E-state index contributed by atoms with van der Waals surface area (Å²) in [5, 5.41) is 16.3. The summed E-state index contributed by atoms with van der Waals surface area (Å²) in [5.74, 6) is -0.138. The molecular weight excluding hydrogens is 264 g/mol. The van der Waals surface area contributed by atoms with Crippen LogP contribution in [0.4, 0.5) is 5.69 Å². The van der Waals surface area contributed by atoms with Crippen molar-refractivity contribution in [1.82, 2.24) is 14.9 Å². The van der Waals surface area contributed by atoms with Gasteiger partial charge in [0.25, 0.3) is 5.91 Å². The molecule has 1 aromatic heterocycles. The molecule has 0 aliphatic carbocycles. The summed E-state index contributed by atoms with van der Waals surface area (Å²) in [6.45, 7) is 2.12. The molecule has 100 valence electrons. The maximum Gasteiger partial charge on any atom is 0.265 e. The zero-order chi connectivity index (χ0) is 13.8. The maximum absolute atomic E-state index is 12.0. The van der Waals surface area contributed by atoms with E-state index in [0.29, 0.717) is 28.2 Å². The first-order valence-electron chi connectivity index (χ1n) is 5.78. The minimum Gasteiger partial charge on any atom is -0.508 e. The van der Waals surface area contributed by atoms with E-state index < -0.39 is 0 Å². The summed E-state index contributed by atoms with van der Waals surface area (Å²) in [6, 6.07) is 4.73. The molecule has 0 aliphatic heterocycles. The van der Waals surface area contributed by atoms with Crippen LogP contribution in [0.25, 0.3) is 0 Å². The monoisotopic (exact) mass is 278 g/mol.